The van der Waals surface area contributed by atoms with Gasteiger partial charge in [-0.25, -0.2) is 0 Å². The number of ether oxygens (including phenoxy) is 1. The Labute approximate surface area is 76.7 Å². The molecule has 0 rings (SSSR count). The molecule has 0 aliphatic rings. The Bertz CT molecular complexity index is 113. The van der Waals surface area contributed by atoms with E-state index in [2.05, 4.69) is 42.4 Å². The highest BCUT2D eigenvalue weighted by Gasteiger charge is 2.06. The quantitative estimate of drug-likeness (QED) is 0.424. The van der Waals surface area contributed by atoms with Crippen LogP contribution in [0.4, 0.5) is 0 Å². The predicted octanol–water partition coefficient (Wildman–Crippen LogP) is 2.59. The minimum atomic E-state index is -0.0671. The SMILES string of the molecule is C#CC(I)OC(CC)CC. The van der Waals surface area contributed by atoms with Crippen LogP contribution in [-0.2, 0) is 4.74 Å². The van der Waals surface area contributed by atoms with Crippen molar-refractivity contribution in [2.45, 2.75) is 36.9 Å². The Morgan fingerprint density at radius 2 is 2.00 bits per heavy atom. The number of terminal acetylenes is 1. The largest absolute Gasteiger partial charge is 0.353 e. The van der Waals surface area contributed by atoms with Crippen LogP contribution in [-0.4, -0.2) is 10.2 Å². The van der Waals surface area contributed by atoms with Gasteiger partial charge in [0.05, 0.1) is 6.10 Å². The van der Waals surface area contributed by atoms with Crippen LogP contribution >= 0.6 is 22.6 Å². The van der Waals surface area contributed by atoms with Crippen molar-refractivity contribution in [1.82, 2.24) is 0 Å². The molecule has 58 valence electrons. The van der Waals surface area contributed by atoms with Crippen LogP contribution < -0.4 is 0 Å². The van der Waals surface area contributed by atoms with Crippen LogP contribution in [0.25, 0.3) is 0 Å². The zero-order valence-corrected chi connectivity index (χ0v) is 8.59. The van der Waals surface area contributed by atoms with Gasteiger partial charge >= 0.3 is 0 Å². The molecule has 2 heteroatoms. The van der Waals surface area contributed by atoms with Crippen LogP contribution in [0.2, 0.25) is 0 Å². The molecule has 1 atom stereocenters. The lowest BCUT2D eigenvalue weighted by Crippen LogP contribution is -2.14. The van der Waals surface area contributed by atoms with Crippen molar-refractivity contribution in [2.75, 3.05) is 0 Å². The number of alkyl halides is 1. The third-order valence-electron chi connectivity index (χ3n) is 1.35. The molecule has 0 bridgehead atoms. The molecule has 0 saturated carbocycles. The lowest BCUT2D eigenvalue weighted by molar-refractivity contribution is 0.0629. The maximum Gasteiger partial charge on any atom is 0.169 e. The Kier molecular flexibility index (Phi) is 6.14. The van der Waals surface area contributed by atoms with Gasteiger partial charge in [-0.05, 0) is 35.4 Å². The Balaban J connectivity index is 3.54. The fourth-order valence-electron chi connectivity index (χ4n) is 0.689. The third kappa shape index (κ3) is 4.13. The third-order valence-corrected chi connectivity index (χ3v) is 2.01. The summed E-state index contributed by atoms with van der Waals surface area (Å²) in [4.78, 5) is 0. The molecule has 0 spiro atoms. The van der Waals surface area contributed by atoms with Gasteiger partial charge in [-0.1, -0.05) is 19.8 Å². The molecule has 0 saturated heterocycles. The summed E-state index contributed by atoms with van der Waals surface area (Å²) in [5.41, 5.74) is 0. The highest BCUT2D eigenvalue weighted by atomic mass is 127. The highest BCUT2D eigenvalue weighted by molar-refractivity contribution is 14.1. The van der Waals surface area contributed by atoms with Gasteiger partial charge in [-0.2, -0.15) is 0 Å². The van der Waals surface area contributed by atoms with Gasteiger partial charge in [-0.3, -0.25) is 0 Å². The molecule has 0 fully saturated rings. The number of hydrogen-bond donors (Lipinski definition) is 0. The topological polar surface area (TPSA) is 9.23 Å². The minimum absolute atomic E-state index is 0.0671. The van der Waals surface area contributed by atoms with E-state index in [1.807, 2.05) is 0 Å². The maximum atomic E-state index is 5.45. The zero-order chi connectivity index (χ0) is 7.98. The van der Waals surface area contributed by atoms with E-state index in [-0.39, 0.29) is 4.11 Å². The number of hydrogen-bond acceptors (Lipinski definition) is 1. The van der Waals surface area contributed by atoms with E-state index in [0.29, 0.717) is 6.10 Å². The summed E-state index contributed by atoms with van der Waals surface area (Å²) in [6, 6.07) is 0. The highest BCUT2D eigenvalue weighted by Crippen LogP contribution is 2.10. The summed E-state index contributed by atoms with van der Waals surface area (Å²) in [6.45, 7) is 4.21. The first-order valence-electron chi connectivity index (χ1n) is 3.50. The van der Waals surface area contributed by atoms with Crippen molar-refractivity contribution in [1.29, 1.82) is 0 Å². The number of halogens is 1. The van der Waals surface area contributed by atoms with Gasteiger partial charge in [0.25, 0.3) is 0 Å². The molecule has 0 aromatic rings. The predicted molar refractivity (Wildman–Crippen MR) is 52.1 cm³/mol. The maximum absolute atomic E-state index is 5.45. The summed E-state index contributed by atoms with van der Waals surface area (Å²) in [5, 5.41) is 0. The number of rotatable bonds is 4. The van der Waals surface area contributed by atoms with Gasteiger partial charge in [0.15, 0.2) is 4.11 Å². The van der Waals surface area contributed by atoms with E-state index >= 15 is 0 Å². The Hall–Kier alpha value is 0.250. The van der Waals surface area contributed by atoms with Crippen LogP contribution in [0.15, 0.2) is 0 Å². The van der Waals surface area contributed by atoms with Crippen molar-refractivity contribution in [3.8, 4) is 12.3 Å². The molecule has 1 unspecified atom stereocenters. The molecule has 10 heavy (non-hydrogen) atoms. The van der Waals surface area contributed by atoms with E-state index in [0.717, 1.165) is 12.8 Å². The van der Waals surface area contributed by atoms with Crippen molar-refractivity contribution in [3.05, 3.63) is 0 Å². The molecule has 0 N–H and O–H groups in total. The van der Waals surface area contributed by atoms with E-state index < -0.39 is 0 Å². The summed E-state index contributed by atoms with van der Waals surface area (Å²) < 4.78 is 5.38. The normalized spacial score (nSPS) is 13.1. The van der Waals surface area contributed by atoms with Crippen molar-refractivity contribution >= 4 is 22.6 Å². The molecule has 0 aromatic carbocycles. The second-order valence-corrected chi connectivity index (χ2v) is 3.19. The van der Waals surface area contributed by atoms with Gasteiger partial charge in [0.2, 0.25) is 0 Å². The lowest BCUT2D eigenvalue weighted by Gasteiger charge is -2.14. The van der Waals surface area contributed by atoms with Crippen LogP contribution in [0.3, 0.4) is 0 Å². The van der Waals surface area contributed by atoms with Crippen molar-refractivity contribution < 1.29 is 4.74 Å². The van der Waals surface area contributed by atoms with Crippen molar-refractivity contribution in [3.63, 3.8) is 0 Å². The average molecular weight is 252 g/mol. The monoisotopic (exact) mass is 252 g/mol. The molecule has 0 aliphatic heterocycles. The first-order valence-corrected chi connectivity index (χ1v) is 4.74. The molecule has 0 heterocycles. The Morgan fingerprint density at radius 3 is 2.30 bits per heavy atom. The fraction of sp³-hybridized carbons (Fsp3) is 0.750. The molecular formula is C8H13IO. The van der Waals surface area contributed by atoms with Gasteiger partial charge in [0.1, 0.15) is 0 Å². The summed E-state index contributed by atoms with van der Waals surface area (Å²) in [6.07, 6.45) is 7.56. The van der Waals surface area contributed by atoms with E-state index in [1.54, 1.807) is 0 Å². The molecule has 0 amide bonds. The van der Waals surface area contributed by atoms with Crippen molar-refractivity contribution in [2.24, 2.45) is 0 Å². The molecule has 0 aromatic heterocycles. The van der Waals surface area contributed by atoms with Crippen LogP contribution in [0.1, 0.15) is 26.7 Å². The first kappa shape index (κ1) is 10.2. The second kappa shape index (κ2) is 5.99. The summed E-state index contributed by atoms with van der Waals surface area (Å²) >= 11 is 2.11. The fourth-order valence-corrected chi connectivity index (χ4v) is 1.10. The van der Waals surface area contributed by atoms with Crippen LogP contribution in [0, 0.1) is 12.3 Å². The van der Waals surface area contributed by atoms with Gasteiger partial charge in [-0.15, -0.1) is 6.42 Å². The second-order valence-electron chi connectivity index (χ2n) is 2.06. The van der Waals surface area contributed by atoms with E-state index in [1.165, 1.54) is 0 Å². The van der Waals surface area contributed by atoms with Crippen LogP contribution in [0.5, 0.6) is 0 Å². The molecule has 1 nitrogen and oxygen atoms in total. The van der Waals surface area contributed by atoms with E-state index in [4.69, 9.17) is 11.2 Å². The standard InChI is InChI=1S/C8H13IO/c1-4-7(5-2)10-8(9)6-3/h3,7-8H,4-5H2,1-2H3. The Morgan fingerprint density at radius 1 is 1.50 bits per heavy atom. The lowest BCUT2D eigenvalue weighted by atomic mass is 10.2. The molecule has 0 aliphatic carbocycles. The van der Waals surface area contributed by atoms with E-state index in [9.17, 15) is 0 Å². The average Bonchev–Trinajstić information content (AvgIpc) is 1.99. The first-order chi connectivity index (χ1) is 4.74. The smallest absolute Gasteiger partial charge is 0.169 e. The molecule has 0 radical (unpaired) electrons. The van der Waals surface area contributed by atoms with Gasteiger partial charge in [0, 0.05) is 0 Å². The minimum Gasteiger partial charge on any atom is -0.353 e. The van der Waals surface area contributed by atoms with Gasteiger partial charge < -0.3 is 4.74 Å². The zero-order valence-electron chi connectivity index (χ0n) is 6.43. The summed E-state index contributed by atoms with van der Waals surface area (Å²) in [5.74, 6) is 2.53. The molecular weight excluding hydrogens is 239 g/mol. The summed E-state index contributed by atoms with van der Waals surface area (Å²) in [7, 11) is 0.